The summed E-state index contributed by atoms with van der Waals surface area (Å²) in [5.74, 6) is 0. The first-order valence-electron chi connectivity index (χ1n) is 5.37. The van der Waals surface area contributed by atoms with E-state index in [1.54, 1.807) is 0 Å². The highest BCUT2D eigenvalue weighted by atomic mass is 79.9. The van der Waals surface area contributed by atoms with E-state index in [-0.39, 0.29) is 0 Å². The number of nitrogens with zero attached hydrogens (tertiary/aromatic N) is 1. The van der Waals surface area contributed by atoms with Crippen molar-refractivity contribution in [2.45, 2.75) is 25.7 Å². The molecule has 0 aliphatic carbocycles. The Hall–Kier alpha value is -0.500. The molecule has 1 fully saturated rings. The molecule has 1 nitrogen and oxygen atoms in total. The molecule has 0 amide bonds. The van der Waals surface area contributed by atoms with E-state index in [2.05, 4.69) is 45.1 Å². The van der Waals surface area contributed by atoms with Gasteiger partial charge in [0.1, 0.15) is 0 Å². The van der Waals surface area contributed by atoms with Crippen molar-refractivity contribution in [3.05, 3.63) is 28.7 Å². The van der Waals surface area contributed by atoms with Crippen LogP contribution in [0.1, 0.15) is 25.7 Å². The number of hydrogen-bond acceptors (Lipinski definition) is 1. The SMILES string of the molecule is Brc1ccc(N2CCCCCC2)cc1. The molecule has 14 heavy (non-hydrogen) atoms. The number of benzene rings is 1. The molecule has 0 aromatic heterocycles. The summed E-state index contributed by atoms with van der Waals surface area (Å²) in [6.45, 7) is 2.45. The Labute approximate surface area is 94.2 Å². The van der Waals surface area contributed by atoms with Crippen LogP contribution in [-0.2, 0) is 0 Å². The minimum absolute atomic E-state index is 1.16. The summed E-state index contributed by atoms with van der Waals surface area (Å²) in [7, 11) is 0. The van der Waals surface area contributed by atoms with Crippen molar-refractivity contribution < 1.29 is 0 Å². The maximum absolute atomic E-state index is 3.47. The zero-order valence-corrected chi connectivity index (χ0v) is 9.96. The van der Waals surface area contributed by atoms with E-state index in [4.69, 9.17) is 0 Å². The van der Waals surface area contributed by atoms with E-state index in [1.165, 1.54) is 44.5 Å². The van der Waals surface area contributed by atoms with E-state index in [0.717, 1.165) is 4.47 Å². The van der Waals surface area contributed by atoms with Gasteiger partial charge in [-0.05, 0) is 37.1 Å². The summed E-state index contributed by atoms with van der Waals surface area (Å²) in [6, 6.07) is 8.66. The predicted octanol–water partition coefficient (Wildman–Crippen LogP) is 3.83. The molecule has 0 N–H and O–H groups in total. The lowest BCUT2D eigenvalue weighted by atomic mass is 10.2. The fourth-order valence-electron chi connectivity index (χ4n) is 1.98. The maximum Gasteiger partial charge on any atom is 0.0366 e. The first kappa shape index (κ1) is 10.0. The predicted molar refractivity (Wildman–Crippen MR) is 64.8 cm³/mol. The molecule has 1 aromatic carbocycles. The van der Waals surface area contributed by atoms with Crippen molar-refractivity contribution in [1.82, 2.24) is 0 Å². The Morgan fingerprint density at radius 1 is 0.857 bits per heavy atom. The summed E-state index contributed by atoms with van der Waals surface area (Å²) in [6.07, 6.45) is 5.48. The highest BCUT2D eigenvalue weighted by Crippen LogP contribution is 2.21. The lowest BCUT2D eigenvalue weighted by Gasteiger charge is -2.22. The zero-order valence-electron chi connectivity index (χ0n) is 8.38. The molecule has 2 rings (SSSR count). The summed E-state index contributed by atoms with van der Waals surface area (Å²) in [5, 5.41) is 0. The standard InChI is InChI=1S/C12H16BrN/c13-11-5-7-12(8-6-11)14-9-3-1-2-4-10-14/h5-8H,1-4,9-10H2. The molecule has 0 spiro atoms. The Morgan fingerprint density at radius 3 is 2.00 bits per heavy atom. The van der Waals surface area contributed by atoms with Gasteiger partial charge in [0, 0.05) is 23.2 Å². The van der Waals surface area contributed by atoms with Gasteiger partial charge < -0.3 is 4.90 Å². The average molecular weight is 254 g/mol. The molecule has 0 saturated carbocycles. The van der Waals surface area contributed by atoms with E-state index in [9.17, 15) is 0 Å². The molecular weight excluding hydrogens is 238 g/mol. The first-order chi connectivity index (χ1) is 6.86. The summed E-state index contributed by atoms with van der Waals surface area (Å²) >= 11 is 3.47. The van der Waals surface area contributed by atoms with E-state index in [1.807, 2.05) is 0 Å². The summed E-state index contributed by atoms with van der Waals surface area (Å²) < 4.78 is 1.16. The third-order valence-electron chi connectivity index (χ3n) is 2.80. The molecule has 76 valence electrons. The van der Waals surface area contributed by atoms with Crippen LogP contribution in [0, 0.1) is 0 Å². The highest BCUT2D eigenvalue weighted by molar-refractivity contribution is 9.10. The van der Waals surface area contributed by atoms with Gasteiger partial charge in [-0.1, -0.05) is 28.8 Å². The lowest BCUT2D eigenvalue weighted by molar-refractivity contribution is 0.726. The quantitative estimate of drug-likeness (QED) is 0.736. The molecule has 0 unspecified atom stereocenters. The van der Waals surface area contributed by atoms with Crippen molar-refractivity contribution >= 4 is 21.6 Å². The van der Waals surface area contributed by atoms with Gasteiger partial charge in [0.25, 0.3) is 0 Å². The Balaban J connectivity index is 2.08. The van der Waals surface area contributed by atoms with Crippen LogP contribution in [0.5, 0.6) is 0 Å². The van der Waals surface area contributed by atoms with E-state index in [0.29, 0.717) is 0 Å². The number of rotatable bonds is 1. The Kier molecular flexibility index (Phi) is 3.46. The molecule has 0 bridgehead atoms. The first-order valence-corrected chi connectivity index (χ1v) is 6.16. The summed E-state index contributed by atoms with van der Waals surface area (Å²) in [5.41, 5.74) is 1.37. The Bertz CT molecular complexity index is 273. The smallest absolute Gasteiger partial charge is 0.0366 e. The molecule has 1 heterocycles. The second-order valence-corrected chi connectivity index (χ2v) is 4.79. The Morgan fingerprint density at radius 2 is 1.43 bits per heavy atom. The lowest BCUT2D eigenvalue weighted by Crippen LogP contribution is -2.23. The largest absolute Gasteiger partial charge is 0.372 e. The van der Waals surface area contributed by atoms with Gasteiger partial charge in [-0.3, -0.25) is 0 Å². The van der Waals surface area contributed by atoms with Crippen LogP contribution >= 0.6 is 15.9 Å². The van der Waals surface area contributed by atoms with Crippen LogP contribution in [0.25, 0.3) is 0 Å². The van der Waals surface area contributed by atoms with Gasteiger partial charge in [0.15, 0.2) is 0 Å². The average Bonchev–Trinajstić information content (AvgIpc) is 2.47. The molecule has 1 aliphatic rings. The third-order valence-corrected chi connectivity index (χ3v) is 3.33. The van der Waals surface area contributed by atoms with Gasteiger partial charge in [0.05, 0.1) is 0 Å². The van der Waals surface area contributed by atoms with Gasteiger partial charge in [-0.25, -0.2) is 0 Å². The van der Waals surface area contributed by atoms with Crippen LogP contribution in [0.2, 0.25) is 0 Å². The van der Waals surface area contributed by atoms with Crippen LogP contribution in [0.15, 0.2) is 28.7 Å². The van der Waals surface area contributed by atoms with Crippen molar-refractivity contribution in [3.63, 3.8) is 0 Å². The molecule has 1 aromatic rings. The van der Waals surface area contributed by atoms with Crippen LogP contribution in [-0.4, -0.2) is 13.1 Å². The van der Waals surface area contributed by atoms with Gasteiger partial charge >= 0.3 is 0 Å². The summed E-state index contributed by atoms with van der Waals surface area (Å²) in [4.78, 5) is 2.50. The normalized spacial score (nSPS) is 17.9. The minimum atomic E-state index is 1.16. The zero-order chi connectivity index (χ0) is 9.80. The van der Waals surface area contributed by atoms with Gasteiger partial charge in [-0.2, -0.15) is 0 Å². The fraction of sp³-hybridized carbons (Fsp3) is 0.500. The second-order valence-electron chi connectivity index (χ2n) is 3.88. The fourth-order valence-corrected chi connectivity index (χ4v) is 2.25. The van der Waals surface area contributed by atoms with Crippen molar-refractivity contribution in [1.29, 1.82) is 0 Å². The molecule has 0 radical (unpaired) electrons. The number of halogens is 1. The van der Waals surface area contributed by atoms with Crippen molar-refractivity contribution in [2.75, 3.05) is 18.0 Å². The van der Waals surface area contributed by atoms with Crippen molar-refractivity contribution in [2.24, 2.45) is 0 Å². The highest BCUT2D eigenvalue weighted by Gasteiger charge is 2.08. The topological polar surface area (TPSA) is 3.24 Å². The van der Waals surface area contributed by atoms with Crippen molar-refractivity contribution in [3.8, 4) is 0 Å². The third kappa shape index (κ3) is 2.50. The molecule has 1 saturated heterocycles. The number of anilines is 1. The molecule has 0 atom stereocenters. The van der Waals surface area contributed by atoms with Gasteiger partial charge in [0.2, 0.25) is 0 Å². The molecular formula is C12H16BrN. The second kappa shape index (κ2) is 4.83. The van der Waals surface area contributed by atoms with Gasteiger partial charge in [-0.15, -0.1) is 0 Å². The van der Waals surface area contributed by atoms with E-state index >= 15 is 0 Å². The van der Waals surface area contributed by atoms with Crippen LogP contribution < -0.4 is 4.90 Å². The van der Waals surface area contributed by atoms with E-state index < -0.39 is 0 Å². The molecule has 2 heteroatoms. The monoisotopic (exact) mass is 253 g/mol. The molecule has 1 aliphatic heterocycles. The van der Waals surface area contributed by atoms with Crippen LogP contribution in [0.3, 0.4) is 0 Å². The number of hydrogen-bond donors (Lipinski definition) is 0. The minimum Gasteiger partial charge on any atom is -0.372 e. The maximum atomic E-state index is 3.47. The van der Waals surface area contributed by atoms with Crippen LogP contribution in [0.4, 0.5) is 5.69 Å².